The Kier molecular flexibility index (Phi) is 5.50. The molecule has 1 aromatic heterocycles. The molecule has 7 heteroatoms. The molecule has 29 heavy (non-hydrogen) atoms. The van der Waals surface area contributed by atoms with Gasteiger partial charge in [-0.25, -0.2) is 9.48 Å². The molecule has 0 amide bonds. The number of carbonyl (C=O) groups is 2. The van der Waals surface area contributed by atoms with Gasteiger partial charge in [-0.2, -0.15) is 5.10 Å². The highest BCUT2D eigenvalue weighted by molar-refractivity contribution is 5.90. The van der Waals surface area contributed by atoms with Crippen molar-refractivity contribution in [3.8, 4) is 5.69 Å². The second kappa shape index (κ2) is 8.02. The lowest BCUT2D eigenvalue weighted by molar-refractivity contribution is -0.145. The van der Waals surface area contributed by atoms with Crippen LogP contribution in [0.1, 0.15) is 13.3 Å². The molecule has 0 aliphatic heterocycles. The molecular formula is C22H21N3O4. The summed E-state index contributed by atoms with van der Waals surface area (Å²) in [5, 5.41) is 22.9. The average molecular weight is 391 g/mol. The number of rotatable bonds is 3. The molecule has 0 bridgehead atoms. The predicted molar refractivity (Wildman–Crippen MR) is 111 cm³/mol. The molecule has 0 radical (unpaired) electrons. The summed E-state index contributed by atoms with van der Waals surface area (Å²) in [6, 6.07) is 15.8. The van der Waals surface area contributed by atoms with E-state index in [2.05, 4.69) is 5.10 Å². The molecule has 1 aliphatic rings. The molecule has 0 spiro atoms. The fraction of sp³-hybridized carbons (Fsp3) is 0.136. The number of hydrogen-bond acceptors (Lipinski definition) is 4. The van der Waals surface area contributed by atoms with Crippen molar-refractivity contribution in [2.75, 3.05) is 5.73 Å². The summed E-state index contributed by atoms with van der Waals surface area (Å²) in [6.45, 7) is 1.50. The fourth-order valence-corrected chi connectivity index (χ4v) is 2.99. The van der Waals surface area contributed by atoms with E-state index in [1.807, 2.05) is 59.4 Å². The maximum atomic E-state index is 10.8. The van der Waals surface area contributed by atoms with Gasteiger partial charge < -0.3 is 15.9 Å². The maximum Gasteiger partial charge on any atom is 0.331 e. The summed E-state index contributed by atoms with van der Waals surface area (Å²) in [6.07, 6.45) is 6.28. The lowest BCUT2D eigenvalue weighted by Gasteiger charge is -2.23. The van der Waals surface area contributed by atoms with Gasteiger partial charge in [-0.05, 0) is 43.7 Å². The number of nitrogens with two attached hydrogens (primary N) is 1. The van der Waals surface area contributed by atoms with Gasteiger partial charge in [-0.15, -0.1) is 0 Å². The molecule has 0 fully saturated rings. The number of carboxylic acids is 2. The van der Waals surface area contributed by atoms with Crippen molar-refractivity contribution >= 4 is 28.5 Å². The summed E-state index contributed by atoms with van der Waals surface area (Å²) >= 11 is 0. The van der Waals surface area contributed by atoms with E-state index < -0.39 is 17.4 Å². The summed E-state index contributed by atoms with van der Waals surface area (Å²) < 4.78 is 1.89. The molecule has 4 N–H and O–H groups in total. The molecule has 1 atom stereocenters. The van der Waals surface area contributed by atoms with Gasteiger partial charge in [0, 0.05) is 16.6 Å². The van der Waals surface area contributed by atoms with Crippen molar-refractivity contribution in [1.29, 1.82) is 0 Å². The first-order valence-electron chi connectivity index (χ1n) is 8.94. The van der Waals surface area contributed by atoms with E-state index in [1.54, 1.807) is 0 Å². The minimum Gasteiger partial charge on any atom is -0.481 e. The van der Waals surface area contributed by atoms with Crippen LogP contribution in [-0.4, -0.2) is 31.9 Å². The molecule has 2 aromatic carbocycles. The molecule has 1 aliphatic carbocycles. The van der Waals surface area contributed by atoms with E-state index in [0.717, 1.165) is 22.3 Å². The van der Waals surface area contributed by atoms with Gasteiger partial charge in [-0.3, -0.25) is 4.79 Å². The lowest BCUT2D eigenvalue weighted by Crippen LogP contribution is -2.28. The standard InChI is InChI=1S/C13H11N3.C9H10O4/c14-11-7-6-10-9-15-16(13(10)8-11)12-4-2-1-3-5-12;1-9(8(12)13)4-2-3-6(5-9)7(10)11/h1-9H,14H2;2-4H,5H2,1H3,(H,10,11)(H,12,13). The Bertz CT molecular complexity index is 1120. The molecule has 3 aromatic rings. The van der Waals surface area contributed by atoms with Gasteiger partial charge in [0.25, 0.3) is 0 Å². The third-order valence-corrected chi connectivity index (χ3v) is 4.68. The van der Waals surface area contributed by atoms with Gasteiger partial charge in [-0.1, -0.05) is 36.4 Å². The van der Waals surface area contributed by atoms with E-state index in [-0.39, 0.29) is 12.0 Å². The van der Waals surface area contributed by atoms with Crippen molar-refractivity contribution in [3.63, 3.8) is 0 Å². The van der Waals surface area contributed by atoms with Crippen LogP contribution in [0.3, 0.4) is 0 Å². The van der Waals surface area contributed by atoms with E-state index in [4.69, 9.17) is 15.9 Å². The van der Waals surface area contributed by atoms with Crippen molar-refractivity contribution < 1.29 is 19.8 Å². The number of aromatic nitrogens is 2. The third kappa shape index (κ3) is 4.35. The van der Waals surface area contributed by atoms with Crippen LogP contribution in [0.15, 0.2) is 78.5 Å². The van der Waals surface area contributed by atoms with Crippen LogP contribution in [0, 0.1) is 5.41 Å². The number of benzene rings is 2. The molecule has 0 saturated heterocycles. The van der Waals surface area contributed by atoms with Crippen molar-refractivity contribution in [1.82, 2.24) is 9.78 Å². The third-order valence-electron chi connectivity index (χ3n) is 4.68. The molecule has 148 valence electrons. The summed E-state index contributed by atoms with van der Waals surface area (Å²) in [5.41, 5.74) is 7.67. The number of nitrogens with zero attached hydrogens (tertiary/aromatic N) is 2. The number of allylic oxidation sites excluding steroid dienone is 2. The second-order valence-corrected chi connectivity index (χ2v) is 6.97. The Morgan fingerprint density at radius 3 is 2.52 bits per heavy atom. The first kappa shape index (κ1) is 19.9. The van der Waals surface area contributed by atoms with E-state index in [9.17, 15) is 9.59 Å². The highest BCUT2D eigenvalue weighted by atomic mass is 16.4. The van der Waals surface area contributed by atoms with Gasteiger partial charge in [0.2, 0.25) is 0 Å². The Morgan fingerprint density at radius 1 is 1.14 bits per heavy atom. The molecule has 4 rings (SSSR count). The Balaban J connectivity index is 0.000000170. The number of hydrogen-bond donors (Lipinski definition) is 3. The fourth-order valence-electron chi connectivity index (χ4n) is 2.99. The van der Waals surface area contributed by atoms with Crippen molar-refractivity contribution in [3.05, 3.63) is 78.5 Å². The average Bonchev–Trinajstić information content (AvgIpc) is 3.12. The Morgan fingerprint density at radius 2 is 1.86 bits per heavy atom. The summed E-state index contributed by atoms with van der Waals surface area (Å²) in [5.74, 6) is -2.06. The van der Waals surface area contributed by atoms with E-state index >= 15 is 0 Å². The summed E-state index contributed by atoms with van der Waals surface area (Å²) in [4.78, 5) is 21.3. The first-order chi connectivity index (χ1) is 13.8. The van der Waals surface area contributed by atoms with Crippen LogP contribution in [0.25, 0.3) is 16.6 Å². The van der Waals surface area contributed by atoms with Gasteiger partial charge in [0.05, 0.1) is 22.8 Å². The van der Waals surface area contributed by atoms with Crippen LogP contribution < -0.4 is 5.73 Å². The van der Waals surface area contributed by atoms with Gasteiger partial charge >= 0.3 is 11.9 Å². The number of fused-ring (bicyclic) bond motifs is 1. The summed E-state index contributed by atoms with van der Waals surface area (Å²) in [7, 11) is 0. The van der Waals surface area contributed by atoms with E-state index in [0.29, 0.717) is 0 Å². The topological polar surface area (TPSA) is 118 Å². The molecule has 1 heterocycles. The monoisotopic (exact) mass is 391 g/mol. The minimum absolute atomic E-state index is 0.0359. The van der Waals surface area contributed by atoms with Gasteiger partial charge in [0.1, 0.15) is 0 Å². The number of anilines is 1. The first-order valence-corrected chi connectivity index (χ1v) is 8.94. The normalized spacial score (nSPS) is 17.9. The molecular weight excluding hydrogens is 370 g/mol. The highest BCUT2D eigenvalue weighted by Crippen LogP contribution is 2.31. The zero-order chi connectivity index (χ0) is 21.0. The Hall–Kier alpha value is -3.87. The van der Waals surface area contributed by atoms with Crippen molar-refractivity contribution in [2.45, 2.75) is 13.3 Å². The quantitative estimate of drug-likeness (QED) is 0.587. The molecule has 0 saturated carbocycles. The largest absolute Gasteiger partial charge is 0.481 e. The van der Waals surface area contributed by atoms with Crippen molar-refractivity contribution in [2.24, 2.45) is 5.41 Å². The minimum atomic E-state index is -1.08. The zero-order valence-corrected chi connectivity index (χ0v) is 15.8. The number of para-hydroxylation sites is 1. The second-order valence-electron chi connectivity index (χ2n) is 6.97. The highest BCUT2D eigenvalue weighted by Gasteiger charge is 2.34. The molecule has 1 unspecified atom stereocenters. The maximum absolute atomic E-state index is 10.8. The lowest BCUT2D eigenvalue weighted by atomic mass is 9.80. The number of aliphatic carboxylic acids is 2. The SMILES string of the molecule is CC1(C(=O)O)C=CC=C(C(=O)O)C1.Nc1ccc2cnn(-c3ccccc3)c2c1. The van der Waals surface area contributed by atoms with Crippen LogP contribution in [0.2, 0.25) is 0 Å². The van der Waals surface area contributed by atoms with Crippen LogP contribution in [0.5, 0.6) is 0 Å². The Labute approximate surface area is 167 Å². The van der Waals surface area contributed by atoms with E-state index in [1.165, 1.54) is 25.2 Å². The number of carboxylic acid groups (broad SMARTS) is 2. The van der Waals surface area contributed by atoms with Gasteiger partial charge in [0.15, 0.2) is 0 Å². The van der Waals surface area contributed by atoms with Crippen LogP contribution in [0.4, 0.5) is 5.69 Å². The molecule has 7 nitrogen and oxygen atoms in total. The smallest absolute Gasteiger partial charge is 0.331 e. The van der Waals surface area contributed by atoms with Crippen LogP contribution in [-0.2, 0) is 9.59 Å². The van der Waals surface area contributed by atoms with Crippen LogP contribution >= 0.6 is 0 Å². The predicted octanol–water partition coefficient (Wildman–Crippen LogP) is 3.66. The number of nitrogen functional groups attached to an aromatic ring is 1. The zero-order valence-electron chi connectivity index (χ0n) is 15.8.